The molecule has 0 bridgehead atoms. The van der Waals surface area contributed by atoms with Crippen molar-refractivity contribution in [2.75, 3.05) is 13.2 Å². The van der Waals surface area contributed by atoms with Crippen molar-refractivity contribution < 1.29 is 24.2 Å². The van der Waals surface area contributed by atoms with E-state index in [1.165, 1.54) is 91.7 Å². The van der Waals surface area contributed by atoms with E-state index >= 15 is 0 Å². The molecule has 2 unspecified atom stereocenters. The SMILES string of the molecule is C=C(C)C(=O)OCC(CCc1ccc(-c2ccc(-c3ccc(C4CCC(CCCCC)CC4)cc3)cc2CC)cc1)COC(=O)C(=C)C(C)O. The van der Waals surface area contributed by atoms with Gasteiger partial charge in [-0.15, -0.1) is 0 Å². The quantitative estimate of drug-likeness (QED) is 0.0823. The molecule has 1 N–H and O–H groups in total. The Kier molecular flexibility index (Phi) is 15.1. The number of esters is 2. The predicted molar refractivity (Wildman–Crippen MR) is 205 cm³/mol. The fourth-order valence-electron chi connectivity index (χ4n) is 6.97. The van der Waals surface area contributed by atoms with E-state index in [2.05, 4.69) is 93.7 Å². The number of unbranched alkanes of at least 4 members (excludes halogenated alkanes) is 2. The van der Waals surface area contributed by atoms with Gasteiger partial charge in [0.1, 0.15) is 0 Å². The lowest BCUT2D eigenvalue weighted by molar-refractivity contribution is -0.144. The van der Waals surface area contributed by atoms with Gasteiger partial charge in [0.05, 0.1) is 24.9 Å². The number of benzene rings is 3. The number of rotatable bonds is 18. The second kappa shape index (κ2) is 19.4. The zero-order chi connectivity index (χ0) is 36.0. The topological polar surface area (TPSA) is 72.8 Å². The standard InChI is InChI=1S/C45H58O5/c1-7-9-10-11-34-14-18-38(19-15-34)39-22-24-40(25-23-39)42-26-27-43(37(8-2)28-42)41-20-16-35(17-21-41)12-13-36(29-49-44(47)31(3)4)30-50-45(48)32(5)33(6)46/h16-17,20-28,33-34,36,38,46H,3,5,7-15,18-19,29-30H2,1-2,4,6H3. The Labute approximate surface area is 300 Å². The van der Waals surface area contributed by atoms with Crippen LogP contribution in [0.5, 0.6) is 0 Å². The molecule has 0 aromatic heterocycles. The van der Waals surface area contributed by atoms with Gasteiger partial charge in [-0.2, -0.15) is 0 Å². The maximum absolute atomic E-state index is 12.2. The number of hydrogen-bond donors (Lipinski definition) is 1. The van der Waals surface area contributed by atoms with Crippen LogP contribution in [-0.4, -0.2) is 36.4 Å². The van der Waals surface area contributed by atoms with Crippen molar-refractivity contribution in [2.24, 2.45) is 11.8 Å². The van der Waals surface area contributed by atoms with Crippen LogP contribution >= 0.6 is 0 Å². The first-order valence-electron chi connectivity index (χ1n) is 18.8. The molecule has 3 aromatic rings. The molecule has 0 saturated heterocycles. The zero-order valence-electron chi connectivity index (χ0n) is 30.8. The van der Waals surface area contributed by atoms with Crippen molar-refractivity contribution in [3.63, 3.8) is 0 Å². The first-order chi connectivity index (χ1) is 24.1. The summed E-state index contributed by atoms with van der Waals surface area (Å²) in [7, 11) is 0. The molecular formula is C45H58O5. The van der Waals surface area contributed by atoms with Crippen LogP contribution in [0.25, 0.3) is 22.3 Å². The van der Waals surface area contributed by atoms with E-state index in [-0.39, 0.29) is 24.7 Å². The fourth-order valence-corrected chi connectivity index (χ4v) is 6.97. The second-order valence-electron chi connectivity index (χ2n) is 14.3. The molecule has 0 amide bonds. The minimum atomic E-state index is -0.990. The molecule has 4 rings (SSSR count). The van der Waals surface area contributed by atoms with Crippen molar-refractivity contribution in [1.82, 2.24) is 0 Å². The lowest BCUT2D eigenvalue weighted by atomic mass is 9.77. The number of carbonyl (C=O) groups excluding carboxylic acids is 2. The van der Waals surface area contributed by atoms with Crippen LogP contribution in [0.4, 0.5) is 0 Å². The molecule has 0 spiro atoms. The van der Waals surface area contributed by atoms with E-state index in [0.717, 1.165) is 24.3 Å². The molecule has 0 heterocycles. The van der Waals surface area contributed by atoms with Gasteiger partial charge in [-0.3, -0.25) is 0 Å². The summed E-state index contributed by atoms with van der Waals surface area (Å²) in [6, 6.07) is 24.8. The maximum atomic E-state index is 12.2. The summed E-state index contributed by atoms with van der Waals surface area (Å²) in [6.07, 6.45) is 12.2. The highest BCUT2D eigenvalue weighted by Crippen LogP contribution is 2.38. The highest BCUT2D eigenvalue weighted by molar-refractivity contribution is 5.88. The van der Waals surface area contributed by atoms with Crippen molar-refractivity contribution >= 4 is 11.9 Å². The maximum Gasteiger partial charge on any atom is 0.336 e. The number of hydrogen-bond acceptors (Lipinski definition) is 5. The second-order valence-corrected chi connectivity index (χ2v) is 14.3. The normalized spacial score (nSPS) is 17.1. The number of aliphatic hydroxyl groups is 1. The molecule has 5 heteroatoms. The van der Waals surface area contributed by atoms with Crippen molar-refractivity contribution in [3.05, 3.63) is 108 Å². The summed E-state index contributed by atoms with van der Waals surface area (Å²) in [5.74, 6) is 0.294. The van der Waals surface area contributed by atoms with Gasteiger partial charge in [-0.05, 0) is 110 Å². The van der Waals surface area contributed by atoms with Crippen LogP contribution < -0.4 is 0 Å². The Morgan fingerprint density at radius 3 is 2.04 bits per heavy atom. The van der Waals surface area contributed by atoms with Crippen LogP contribution in [0, 0.1) is 11.8 Å². The number of carbonyl (C=O) groups is 2. The van der Waals surface area contributed by atoms with E-state index in [1.54, 1.807) is 6.92 Å². The summed E-state index contributed by atoms with van der Waals surface area (Å²) in [4.78, 5) is 24.3. The largest absolute Gasteiger partial charge is 0.462 e. The average molecular weight is 679 g/mol. The Morgan fingerprint density at radius 2 is 1.44 bits per heavy atom. The molecular weight excluding hydrogens is 620 g/mol. The van der Waals surface area contributed by atoms with E-state index in [0.29, 0.717) is 17.9 Å². The van der Waals surface area contributed by atoms with E-state index in [4.69, 9.17) is 9.47 Å². The van der Waals surface area contributed by atoms with Gasteiger partial charge in [0.25, 0.3) is 0 Å². The van der Waals surface area contributed by atoms with Gasteiger partial charge in [-0.1, -0.05) is 119 Å². The van der Waals surface area contributed by atoms with Gasteiger partial charge in [0.2, 0.25) is 0 Å². The molecule has 0 radical (unpaired) electrons. The average Bonchev–Trinajstić information content (AvgIpc) is 3.14. The van der Waals surface area contributed by atoms with Crippen molar-refractivity contribution in [1.29, 1.82) is 0 Å². The highest BCUT2D eigenvalue weighted by Gasteiger charge is 2.22. The van der Waals surface area contributed by atoms with Gasteiger partial charge in [0.15, 0.2) is 0 Å². The summed E-state index contributed by atoms with van der Waals surface area (Å²) < 4.78 is 10.8. The first-order valence-corrected chi connectivity index (χ1v) is 18.8. The molecule has 1 fully saturated rings. The van der Waals surface area contributed by atoms with Crippen LogP contribution in [-0.2, 0) is 31.9 Å². The minimum absolute atomic E-state index is 0.00342. The Morgan fingerprint density at radius 1 is 0.820 bits per heavy atom. The van der Waals surface area contributed by atoms with Gasteiger partial charge >= 0.3 is 11.9 Å². The molecule has 1 aliphatic carbocycles. The third-order valence-corrected chi connectivity index (χ3v) is 10.4. The monoisotopic (exact) mass is 678 g/mol. The first kappa shape index (κ1) is 38.8. The fraction of sp³-hybridized carbons (Fsp3) is 0.467. The molecule has 1 saturated carbocycles. The summed E-state index contributed by atoms with van der Waals surface area (Å²) >= 11 is 0. The summed E-state index contributed by atoms with van der Waals surface area (Å²) in [6.45, 7) is 15.0. The van der Waals surface area contributed by atoms with E-state index in [9.17, 15) is 14.7 Å². The molecule has 2 atom stereocenters. The Balaban J connectivity index is 1.36. The number of aliphatic hydroxyl groups excluding tert-OH is 1. The zero-order valence-corrected chi connectivity index (χ0v) is 30.8. The Bertz CT molecular complexity index is 1560. The predicted octanol–water partition coefficient (Wildman–Crippen LogP) is 10.6. The van der Waals surface area contributed by atoms with Crippen LogP contribution in [0.2, 0.25) is 0 Å². The van der Waals surface area contributed by atoms with Gasteiger partial charge < -0.3 is 14.6 Å². The third-order valence-electron chi connectivity index (χ3n) is 10.4. The molecule has 50 heavy (non-hydrogen) atoms. The summed E-state index contributed by atoms with van der Waals surface area (Å²) in [5.41, 5.74) is 9.21. The van der Waals surface area contributed by atoms with Crippen LogP contribution in [0.15, 0.2) is 91.0 Å². The summed E-state index contributed by atoms with van der Waals surface area (Å²) in [5, 5.41) is 9.65. The number of ether oxygens (including phenoxy) is 2. The van der Waals surface area contributed by atoms with E-state index in [1.807, 2.05) is 0 Å². The third kappa shape index (κ3) is 11.3. The minimum Gasteiger partial charge on any atom is -0.462 e. The van der Waals surface area contributed by atoms with Crippen molar-refractivity contribution in [2.45, 2.75) is 110 Å². The molecule has 5 nitrogen and oxygen atoms in total. The number of aryl methyl sites for hydroxylation is 2. The molecule has 1 aliphatic rings. The lowest BCUT2D eigenvalue weighted by Crippen LogP contribution is -2.24. The van der Waals surface area contributed by atoms with Crippen LogP contribution in [0.3, 0.4) is 0 Å². The van der Waals surface area contributed by atoms with E-state index < -0.39 is 18.0 Å². The van der Waals surface area contributed by atoms with Crippen molar-refractivity contribution in [3.8, 4) is 22.3 Å². The molecule has 0 aliphatic heterocycles. The van der Waals surface area contributed by atoms with Gasteiger partial charge in [-0.25, -0.2) is 9.59 Å². The molecule has 268 valence electrons. The molecule has 3 aromatic carbocycles. The van der Waals surface area contributed by atoms with Crippen LogP contribution in [0.1, 0.15) is 108 Å². The smallest absolute Gasteiger partial charge is 0.336 e. The van der Waals surface area contributed by atoms with Gasteiger partial charge in [0, 0.05) is 11.5 Å². The highest BCUT2D eigenvalue weighted by atomic mass is 16.5. The lowest BCUT2D eigenvalue weighted by Gasteiger charge is -2.29. The Hall–Kier alpha value is -3.96.